The Balaban J connectivity index is -0.0000000960. The van der Waals surface area contributed by atoms with E-state index in [0.717, 1.165) is 0 Å². The summed E-state index contributed by atoms with van der Waals surface area (Å²) in [4.78, 5) is 58.3. The van der Waals surface area contributed by atoms with Gasteiger partial charge in [-0.2, -0.15) is 37.9 Å². The van der Waals surface area contributed by atoms with Crippen molar-refractivity contribution in [2.24, 2.45) is 0 Å². The molecule has 0 bridgehead atoms. The predicted molar refractivity (Wildman–Crippen MR) is 93.7 cm³/mol. The van der Waals surface area contributed by atoms with Crippen molar-refractivity contribution in [1.29, 1.82) is 0 Å². The Kier molecular flexibility index (Phi) is 29.2. The molecule has 0 aromatic heterocycles. The molecule has 0 aromatic rings. The molecule has 0 amide bonds. The monoisotopic (exact) mass is 582 g/mol. The average molecular weight is 584 g/mol. The third kappa shape index (κ3) is 32.0. The number of carbonyl (C=O) groups excluding carboxylic acids is 6. The van der Waals surface area contributed by atoms with Crippen molar-refractivity contribution in [3.8, 4) is 0 Å². The van der Waals surface area contributed by atoms with E-state index in [1.54, 1.807) is 0 Å². The van der Waals surface area contributed by atoms with Gasteiger partial charge in [-0.15, -0.1) is 0 Å². The van der Waals surface area contributed by atoms with Crippen LogP contribution in [0.4, 0.5) is 0 Å². The number of hydrogen-bond donors (Lipinski definition) is 3. The molecule has 0 aliphatic heterocycles. The minimum atomic E-state index is -1.50. The van der Waals surface area contributed by atoms with Crippen molar-refractivity contribution in [3.63, 3.8) is 0 Å². The first-order valence-electron chi connectivity index (χ1n) is 6.38. The Morgan fingerprint density at radius 1 is 0.483 bits per heavy atom. The third-order valence-corrected chi connectivity index (χ3v) is 3.08. The fraction of sp³-hybridized carbons (Fsp3) is 0.500. The van der Waals surface area contributed by atoms with E-state index in [4.69, 9.17) is 0 Å². The van der Waals surface area contributed by atoms with Crippen LogP contribution in [-0.4, -0.2) is 91.1 Å². The van der Waals surface area contributed by atoms with Gasteiger partial charge in [0.1, 0.15) is 0 Å². The first kappa shape index (κ1) is 38.7. The first-order chi connectivity index (χ1) is 12.1. The van der Waals surface area contributed by atoms with Crippen LogP contribution in [0.25, 0.3) is 0 Å². The van der Waals surface area contributed by atoms with Crippen LogP contribution in [0.3, 0.4) is 0 Å². The normalized spacial score (nSPS) is 11.7. The van der Waals surface area contributed by atoms with Gasteiger partial charge in [0.15, 0.2) is 0 Å². The van der Waals surface area contributed by atoms with Crippen LogP contribution in [0.1, 0.15) is 19.3 Å². The van der Waals surface area contributed by atoms with Gasteiger partial charge in [0.25, 0.3) is 0 Å². The van der Waals surface area contributed by atoms with Gasteiger partial charge >= 0.3 is 39.6 Å². The summed E-state index contributed by atoms with van der Waals surface area (Å²) in [5, 5.41) is 54.5. The molecule has 0 spiro atoms. The molecule has 156 valence electrons. The number of hydrogen-bond acceptors (Lipinski definition) is 15. The summed E-state index contributed by atoms with van der Waals surface area (Å²) < 4.78 is 0. The van der Waals surface area contributed by atoms with Crippen molar-refractivity contribution < 1.29 is 59.4 Å². The topological polar surface area (TPSA) is 241 Å². The molecule has 29 heavy (non-hydrogen) atoms. The molecule has 0 saturated heterocycles. The Hall–Kier alpha value is -0.857. The minimum Gasteiger partial charge on any atom is -0.550 e. The van der Waals surface area contributed by atoms with Gasteiger partial charge in [0.05, 0.1) is 17.9 Å². The molecule has 17 heteroatoms. The Morgan fingerprint density at radius 2 is 0.621 bits per heavy atom. The number of aliphatic carboxylic acids is 6. The summed E-state index contributed by atoms with van der Waals surface area (Å²) in [7, 11) is 0. The van der Waals surface area contributed by atoms with Crippen LogP contribution in [0, 0.1) is 0 Å². The number of carboxylic acid groups (broad SMARTS) is 6. The smallest absolute Gasteiger partial charge is 0.550 e. The van der Waals surface area contributed by atoms with Crippen molar-refractivity contribution in [2.45, 2.75) is 35.0 Å². The van der Waals surface area contributed by atoms with Crippen molar-refractivity contribution >= 4 is 113 Å². The molecule has 12 nitrogen and oxygen atoms in total. The van der Waals surface area contributed by atoms with E-state index in [9.17, 15) is 59.4 Å². The molecule has 0 heterocycles. The summed E-state index contributed by atoms with van der Waals surface area (Å²) >= 11 is 10.1. The first-order valence-corrected chi connectivity index (χ1v) is 7.92. The summed E-state index contributed by atoms with van der Waals surface area (Å²) in [5.74, 6) is -8.83. The maximum atomic E-state index is 9.76. The second-order valence-corrected chi connectivity index (χ2v) is 6.10. The Bertz CT molecular complexity index is 484. The second-order valence-electron chi connectivity index (χ2n) is 4.23. The standard InChI is InChI=1S/3C4H6O4S.2Ga/c3*5-3(6)1-2(9)4(7)8;;/h3*2,9H,1H2,(H,5,6)(H,7,8);;/q;;;2*+3/p-6. The summed E-state index contributed by atoms with van der Waals surface area (Å²) in [5.41, 5.74) is 0. The van der Waals surface area contributed by atoms with E-state index in [1.807, 2.05) is 0 Å². The molecule has 0 aliphatic rings. The fourth-order valence-electron chi connectivity index (χ4n) is 0.724. The van der Waals surface area contributed by atoms with Gasteiger partial charge in [0, 0.05) is 52.9 Å². The molecule has 0 N–H and O–H groups in total. The quantitative estimate of drug-likeness (QED) is 0.169. The maximum Gasteiger partial charge on any atom is 3.00 e. The molecule has 0 saturated carbocycles. The Morgan fingerprint density at radius 3 is 0.655 bits per heavy atom. The Labute approximate surface area is 206 Å². The zero-order chi connectivity index (χ0) is 22.3. The molecule has 3 atom stereocenters. The van der Waals surface area contributed by atoms with E-state index < -0.39 is 70.8 Å². The van der Waals surface area contributed by atoms with Crippen molar-refractivity contribution in [3.05, 3.63) is 0 Å². The van der Waals surface area contributed by atoms with E-state index in [1.165, 1.54) is 0 Å². The largest absolute Gasteiger partial charge is 3.00 e. The maximum absolute atomic E-state index is 9.76. The summed E-state index contributed by atoms with van der Waals surface area (Å²) in [6.07, 6.45) is -1.86. The van der Waals surface area contributed by atoms with Gasteiger partial charge in [0.2, 0.25) is 0 Å². The van der Waals surface area contributed by atoms with Crippen LogP contribution in [-0.2, 0) is 28.8 Å². The van der Waals surface area contributed by atoms with E-state index in [0.29, 0.717) is 0 Å². The van der Waals surface area contributed by atoms with Crippen LogP contribution in [0.15, 0.2) is 0 Å². The van der Waals surface area contributed by atoms with E-state index in [2.05, 4.69) is 37.9 Å². The van der Waals surface area contributed by atoms with Gasteiger partial charge in [-0.3, -0.25) is 0 Å². The van der Waals surface area contributed by atoms with Crippen LogP contribution < -0.4 is 30.6 Å². The fourth-order valence-corrected chi connectivity index (χ4v) is 1.17. The minimum absolute atomic E-state index is 0. The predicted octanol–water partition coefficient (Wildman–Crippen LogP) is -9.24. The molecular formula is C12H12Ga2O12S3. The van der Waals surface area contributed by atoms with Crippen molar-refractivity contribution in [1.82, 2.24) is 0 Å². The van der Waals surface area contributed by atoms with Crippen LogP contribution in [0.5, 0.6) is 0 Å². The van der Waals surface area contributed by atoms with Crippen LogP contribution in [0.2, 0.25) is 0 Å². The molecule has 0 rings (SSSR count). The van der Waals surface area contributed by atoms with E-state index >= 15 is 0 Å². The van der Waals surface area contributed by atoms with Gasteiger partial charge < -0.3 is 59.4 Å². The zero-order valence-corrected chi connectivity index (χ0v) is 21.8. The molecule has 0 fully saturated rings. The van der Waals surface area contributed by atoms with Gasteiger partial charge in [-0.05, 0) is 0 Å². The van der Waals surface area contributed by atoms with Gasteiger partial charge in [-0.25, -0.2) is 0 Å². The van der Waals surface area contributed by atoms with Crippen molar-refractivity contribution in [2.75, 3.05) is 0 Å². The SMILES string of the molecule is O=C([O-])CC(S)C(=O)[O-].O=C([O-])CC(S)C(=O)[O-].O=C([O-])CC(S)C(=O)[O-].[Ga+3].[Ga+3]. The zero-order valence-electron chi connectivity index (χ0n) is 14.2. The molecule has 3 unspecified atom stereocenters. The molecular weight excluding hydrogens is 572 g/mol. The van der Waals surface area contributed by atoms with E-state index in [-0.39, 0.29) is 39.6 Å². The number of carboxylic acids is 6. The molecule has 0 aliphatic carbocycles. The average Bonchev–Trinajstić information content (AvgIpc) is 2.46. The van der Waals surface area contributed by atoms with Gasteiger partial charge in [-0.1, -0.05) is 0 Å². The number of carbonyl (C=O) groups is 6. The molecule has 0 radical (unpaired) electrons. The van der Waals surface area contributed by atoms with Crippen LogP contribution >= 0.6 is 37.9 Å². The summed E-state index contributed by atoms with van der Waals surface area (Å²) in [6, 6.07) is 0. The number of thiol groups is 3. The number of rotatable bonds is 9. The second kappa shape index (κ2) is 21.8. The molecule has 0 aromatic carbocycles. The summed E-state index contributed by atoms with van der Waals surface area (Å²) in [6.45, 7) is 0. The third-order valence-electron chi connectivity index (χ3n) is 1.90.